The molecule has 1 aliphatic rings. The zero-order chi connectivity index (χ0) is 20.1. The van der Waals surface area contributed by atoms with Gasteiger partial charge in [0.05, 0.1) is 32.7 Å². The number of ether oxygens (including phenoxy) is 3. The van der Waals surface area contributed by atoms with E-state index in [1.165, 1.54) is 14.2 Å². The number of anilines is 3. The fraction of sp³-hybridized carbons (Fsp3) is 0.300. The van der Waals surface area contributed by atoms with Crippen LogP contribution in [0.5, 0.6) is 17.2 Å². The molecule has 3 amide bonds. The molecule has 0 unspecified atom stereocenters. The Labute approximate surface area is 163 Å². The van der Waals surface area contributed by atoms with Crippen molar-refractivity contribution < 1.29 is 23.8 Å². The molecule has 0 spiro atoms. The molecule has 0 atom stereocenters. The molecule has 0 bridgehead atoms. The van der Waals surface area contributed by atoms with E-state index in [1.807, 2.05) is 0 Å². The third kappa shape index (κ3) is 4.11. The molecule has 28 heavy (non-hydrogen) atoms. The summed E-state index contributed by atoms with van der Waals surface area (Å²) in [6.45, 7) is 0.666. The highest BCUT2D eigenvalue weighted by atomic mass is 16.5. The fourth-order valence-corrected chi connectivity index (χ4v) is 3.07. The van der Waals surface area contributed by atoms with E-state index in [0.29, 0.717) is 47.3 Å². The Morgan fingerprint density at radius 3 is 2.39 bits per heavy atom. The van der Waals surface area contributed by atoms with Gasteiger partial charge in [0.1, 0.15) is 17.2 Å². The van der Waals surface area contributed by atoms with Crippen molar-refractivity contribution in [2.45, 2.75) is 12.8 Å². The summed E-state index contributed by atoms with van der Waals surface area (Å²) in [7, 11) is 4.61. The average Bonchev–Trinajstić information content (AvgIpc) is 3.13. The summed E-state index contributed by atoms with van der Waals surface area (Å²) in [5.41, 5.74) is 1.75. The molecular formula is C20H23N3O5. The van der Waals surface area contributed by atoms with Crippen molar-refractivity contribution in [3.05, 3.63) is 36.4 Å². The molecule has 1 aliphatic heterocycles. The standard InChI is InChI=1S/C20H23N3O5/c1-26-14-7-8-15(17(12-14)27-2)22-20(25)21-13-6-9-16(18(11-13)28-3)23-10-4-5-19(23)24/h6-9,11-12H,4-5,10H2,1-3H3,(H2,21,22,25). The molecule has 2 N–H and O–H groups in total. The molecule has 0 radical (unpaired) electrons. The molecule has 3 rings (SSSR count). The molecule has 8 heteroatoms. The molecule has 148 valence electrons. The lowest BCUT2D eigenvalue weighted by Gasteiger charge is -2.20. The van der Waals surface area contributed by atoms with Crippen molar-refractivity contribution in [2.75, 3.05) is 43.4 Å². The summed E-state index contributed by atoms with van der Waals surface area (Å²) in [6.07, 6.45) is 1.36. The second-order valence-electron chi connectivity index (χ2n) is 6.18. The van der Waals surface area contributed by atoms with Crippen molar-refractivity contribution in [1.82, 2.24) is 0 Å². The molecule has 1 saturated heterocycles. The average molecular weight is 385 g/mol. The van der Waals surface area contributed by atoms with Gasteiger partial charge in [0.15, 0.2) is 0 Å². The maximum Gasteiger partial charge on any atom is 0.323 e. The monoisotopic (exact) mass is 385 g/mol. The van der Waals surface area contributed by atoms with E-state index >= 15 is 0 Å². The SMILES string of the molecule is COc1ccc(NC(=O)Nc2ccc(N3CCCC3=O)c(OC)c2)c(OC)c1. The van der Waals surface area contributed by atoms with Crippen molar-refractivity contribution in [1.29, 1.82) is 0 Å². The topological polar surface area (TPSA) is 89.1 Å². The van der Waals surface area contributed by atoms with Crippen LogP contribution in [0.3, 0.4) is 0 Å². The summed E-state index contributed by atoms with van der Waals surface area (Å²) < 4.78 is 15.8. The van der Waals surface area contributed by atoms with E-state index in [9.17, 15) is 9.59 Å². The predicted molar refractivity (Wildman–Crippen MR) is 107 cm³/mol. The van der Waals surface area contributed by atoms with Gasteiger partial charge in [-0.25, -0.2) is 4.79 Å². The smallest absolute Gasteiger partial charge is 0.323 e. The number of nitrogens with one attached hydrogen (secondary N) is 2. The normalized spacial score (nSPS) is 13.2. The summed E-state index contributed by atoms with van der Waals surface area (Å²) in [4.78, 5) is 26.1. The van der Waals surface area contributed by atoms with Gasteiger partial charge in [0.25, 0.3) is 0 Å². The Bertz CT molecular complexity index is 884. The quantitative estimate of drug-likeness (QED) is 0.795. The van der Waals surface area contributed by atoms with Crippen LogP contribution in [0.2, 0.25) is 0 Å². The van der Waals surface area contributed by atoms with Gasteiger partial charge in [-0.15, -0.1) is 0 Å². The molecule has 2 aromatic rings. The van der Waals surface area contributed by atoms with E-state index in [2.05, 4.69) is 10.6 Å². The molecule has 1 heterocycles. The third-order valence-corrected chi connectivity index (χ3v) is 4.46. The fourth-order valence-electron chi connectivity index (χ4n) is 3.07. The molecule has 0 saturated carbocycles. The zero-order valence-electron chi connectivity index (χ0n) is 16.1. The Hall–Kier alpha value is -3.42. The zero-order valence-corrected chi connectivity index (χ0v) is 16.1. The number of nitrogens with zero attached hydrogens (tertiary/aromatic N) is 1. The third-order valence-electron chi connectivity index (χ3n) is 4.46. The molecule has 8 nitrogen and oxygen atoms in total. The van der Waals surface area contributed by atoms with Gasteiger partial charge in [0.2, 0.25) is 5.91 Å². The highest BCUT2D eigenvalue weighted by molar-refractivity contribution is 6.02. The first-order chi connectivity index (χ1) is 13.5. The number of methoxy groups -OCH3 is 3. The van der Waals surface area contributed by atoms with Crippen LogP contribution in [0.1, 0.15) is 12.8 Å². The maximum atomic E-state index is 12.4. The first-order valence-electron chi connectivity index (χ1n) is 8.84. The van der Waals surface area contributed by atoms with Crippen molar-refractivity contribution >= 4 is 29.0 Å². The Morgan fingerprint density at radius 2 is 1.75 bits per heavy atom. The Balaban J connectivity index is 1.73. The number of benzene rings is 2. The van der Waals surface area contributed by atoms with Gasteiger partial charge >= 0.3 is 6.03 Å². The van der Waals surface area contributed by atoms with Crippen LogP contribution in [0.15, 0.2) is 36.4 Å². The maximum absolute atomic E-state index is 12.4. The molecule has 0 aromatic heterocycles. The number of carbonyl (C=O) groups is 2. The van der Waals surface area contributed by atoms with Crippen molar-refractivity contribution in [2.24, 2.45) is 0 Å². The largest absolute Gasteiger partial charge is 0.497 e. The first kappa shape index (κ1) is 19.3. The molecule has 0 aliphatic carbocycles. The van der Waals surface area contributed by atoms with Crippen LogP contribution >= 0.6 is 0 Å². The van der Waals surface area contributed by atoms with E-state index < -0.39 is 6.03 Å². The van der Waals surface area contributed by atoms with Gasteiger partial charge < -0.3 is 29.7 Å². The lowest BCUT2D eigenvalue weighted by molar-refractivity contribution is -0.117. The van der Waals surface area contributed by atoms with Gasteiger partial charge in [-0.1, -0.05) is 0 Å². The Morgan fingerprint density at radius 1 is 0.964 bits per heavy atom. The van der Waals surface area contributed by atoms with E-state index in [-0.39, 0.29) is 5.91 Å². The lowest BCUT2D eigenvalue weighted by Crippen LogP contribution is -2.24. The van der Waals surface area contributed by atoms with Crippen LogP contribution < -0.4 is 29.7 Å². The highest BCUT2D eigenvalue weighted by Gasteiger charge is 2.24. The second-order valence-corrected chi connectivity index (χ2v) is 6.18. The van der Waals surface area contributed by atoms with Gasteiger partial charge in [-0.05, 0) is 30.7 Å². The summed E-state index contributed by atoms with van der Waals surface area (Å²) >= 11 is 0. The summed E-state index contributed by atoms with van der Waals surface area (Å²) in [5, 5.41) is 5.49. The van der Waals surface area contributed by atoms with Crippen LogP contribution in [0.25, 0.3) is 0 Å². The van der Waals surface area contributed by atoms with Crippen LogP contribution in [-0.2, 0) is 4.79 Å². The lowest BCUT2D eigenvalue weighted by atomic mass is 10.2. The van der Waals surface area contributed by atoms with Crippen LogP contribution in [0, 0.1) is 0 Å². The summed E-state index contributed by atoms with van der Waals surface area (Å²) in [6, 6.07) is 9.85. The van der Waals surface area contributed by atoms with Crippen LogP contribution in [0.4, 0.5) is 21.9 Å². The first-order valence-corrected chi connectivity index (χ1v) is 8.84. The van der Waals surface area contributed by atoms with Crippen molar-refractivity contribution in [3.63, 3.8) is 0 Å². The number of carbonyl (C=O) groups excluding carboxylic acids is 2. The number of hydrogen-bond donors (Lipinski definition) is 2. The second kappa shape index (κ2) is 8.51. The minimum Gasteiger partial charge on any atom is -0.497 e. The van der Waals surface area contributed by atoms with Crippen molar-refractivity contribution in [3.8, 4) is 17.2 Å². The van der Waals surface area contributed by atoms with E-state index in [0.717, 1.165) is 6.42 Å². The molecular weight excluding hydrogens is 362 g/mol. The molecule has 2 aromatic carbocycles. The number of amides is 3. The summed E-state index contributed by atoms with van der Waals surface area (Å²) in [5.74, 6) is 1.70. The number of hydrogen-bond acceptors (Lipinski definition) is 5. The van der Waals surface area contributed by atoms with E-state index in [1.54, 1.807) is 48.4 Å². The Kier molecular flexibility index (Phi) is 5.88. The predicted octanol–water partition coefficient (Wildman–Crippen LogP) is 3.48. The number of rotatable bonds is 6. The van der Waals surface area contributed by atoms with E-state index in [4.69, 9.17) is 14.2 Å². The van der Waals surface area contributed by atoms with Gasteiger partial charge in [0, 0.05) is 30.8 Å². The highest BCUT2D eigenvalue weighted by Crippen LogP contribution is 2.34. The van der Waals surface area contributed by atoms with Gasteiger partial charge in [-0.3, -0.25) is 4.79 Å². The van der Waals surface area contributed by atoms with Gasteiger partial charge in [-0.2, -0.15) is 0 Å². The van der Waals surface area contributed by atoms with Crippen LogP contribution in [-0.4, -0.2) is 39.8 Å². The minimum absolute atomic E-state index is 0.0725. The minimum atomic E-state index is -0.435. The number of urea groups is 1. The molecule has 1 fully saturated rings.